The summed E-state index contributed by atoms with van der Waals surface area (Å²) in [6.45, 7) is 6.35. The van der Waals surface area contributed by atoms with Crippen molar-refractivity contribution in [3.8, 4) is 10.6 Å². The Morgan fingerprint density at radius 3 is 2.96 bits per heavy atom. The van der Waals surface area contributed by atoms with Crippen molar-refractivity contribution in [1.29, 1.82) is 0 Å². The molecule has 0 aliphatic heterocycles. The summed E-state index contributed by atoms with van der Waals surface area (Å²) in [6, 6.07) is 6.04. The predicted molar refractivity (Wildman–Crippen MR) is 103 cm³/mol. The SMILES string of the molecule is Cc1noc2nc(-c3cccs3)cc(C(=O)N[C@@H]3CCC[C@@H](C)[C@@H]3C)c12. The minimum absolute atomic E-state index is 0.0625. The topological polar surface area (TPSA) is 68.0 Å². The lowest BCUT2D eigenvalue weighted by molar-refractivity contribution is 0.0892. The highest BCUT2D eigenvalue weighted by Crippen LogP contribution is 2.32. The number of nitrogens with zero attached hydrogens (tertiary/aromatic N) is 2. The van der Waals surface area contributed by atoms with Gasteiger partial charge < -0.3 is 9.84 Å². The van der Waals surface area contributed by atoms with Crippen molar-refractivity contribution in [3.05, 3.63) is 34.8 Å². The van der Waals surface area contributed by atoms with Crippen molar-refractivity contribution in [2.75, 3.05) is 0 Å². The number of carbonyl (C=O) groups is 1. The molecule has 1 N–H and O–H groups in total. The number of nitrogens with one attached hydrogen (secondary N) is 1. The zero-order valence-electron chi connectivity index (χ0n) is 15.3. The van der Waals surface area contributed by atoms with Crippen LogP contribution in [0.25, 0.3) is 21.7 Å². The van der Waals surface area contributed by atoms with Crippen LogP contribution in [-0.4, -0.2) is 22.1 Å². The number of pyridine rings is 1. The molecule has 6 heteroatoms. The Morgan fingerprint density at radius 1 is 1.35 bits per heavy atom. The Labute approximate surface area is 156 Å². The van der Waals surface area contributed by atoms with Gasteiger partial charge in [0.2, 0.25) is 0 Å². The zero-order valence-corrected chi connectivity index (χ0v) is 16.1. The Hall–Kier alpha value is -2.21. The van der Waals surface area contributed by atoms with Crippen molar-refractivity contribution in [2.24, 2.45) is 11.8 Å². The molecule has 0 radical (unpaired) electrons. The second-order valence-electron chi connectivity index (χ2n) is 7.33. The van der Waals surface area contributed by atoms with Crippen LogP contribution < -0.4 is 5.32 Å². The average Bonchev–Trinajstić information content (AvgIpc) is 3.28. The molecule has 1 saturated carbocycles. The lowest BCUT2D eigenvalue weighted by Gasteiger charge is -2.34. The second-order valence-corrected chi connectivity index (χ2v) is 8.28. The van der Waals surface area contributed by atoms with Crippen molar-refractivity contribution in [1.82, 2.24) is 15.5 Å². The van der Waals surface area contributed by atoms with E-state index in [4.69, 9.17) is 4.52 Å². The third kappa shape index (κ3) is 3.03. The first-order valence-corrected chi connectivity index (χ1v) is 10.0. The van der Waals surface area contributed by atoms with Crippen LogP contribution in [0, 0.1) is 18.8 Å². The van der Waals surface area contributed by atoms with E-state index in [0.717, 1.165) is 23.4 Å². The van der Waals surface area contributed by atoms with E-state index in [1.165, 1.54) is 6.42 Å². The molecule has 0 unspecified atom stereocenters. The highest BCUT2D eigenvalue weighted by atomic mass is 32.1. The first-order chi connectivity index (χ1) is 12.5. The molecule has 3 aromatic heterocycles. The summed E-state index contributed by atoms with van der Waals surface area (Å²) in [4.78, 5) is 18.7. The van der Waals surface area contributed by atoms with Crippen LogP contribution in [0.4, 0.5) is 0 Å². The minimum atomic E-state index is -0.0625. The van der Waals surface area contributed by atoms with Crippen LogP contribution in [0.1, 0.15) is 49.2 Å². The minimum Gasteiger partial charge on any atom is -0.349 e. The van der Waals surface area contributed by atoms with Gasteiger partial charge in [0.25, 0.3) is 11.6 Å². The molecule has 0 aromatic carbocycles. The van der Waals surface area contributed by atoms with E-state index in [9.17, 15) is 4.79 Å². The van der Waals surface area contributed by atoms with Crippen LogP contribution in [-0.2, 0) is 0 Å². The number of aryl methyl sites for hydroxylation is 1. The molecule has 3 aromatic rings. The number of hydrogen-bond donors (Lipinski definition) is 1. The maximum absolute atomic E-state index is 13.1. The molecule has 0 spiro atoms. The van der Waals surface area contributed by atoms with Crippen LogP contribution in [0.2, 0.25) is 0 Å². The van der Waals surface area contributed by atoms with Gasteiger partial charge in [-0.15, -0.1) is 11.3 Å². The molecule has 1 amide bonds. The molecule has 3 atom stereocenters. The molecule has 1 aliphatic carbocycles. The normalized spacial score (nSPS) is 23.3. The number of fused-ring (bicyclic) bond motifs is 1. The Balaban J connectivity index is 1.72. The summed E-state index contributed by atoms with van der Waals surface area (Å²) in [7, 11) is 0. The van der Waals surface area contributed by atoms with E-state index in [-0.39, 0.29) is 11.9 Å². The summed E-state index contributed by atoms with van der Waals surface area (Å²) < 4.78 is 5.37. The van der Waals surface area contributed by atoms with Crippen LogP contribution in [0.3, 0.4) is 0 Å². The quantitative estimate of drug-likeness (QED) is 0.719. The average molecular weight is 369 g/mol. The second kappa shape index (κ2) is 6.83. The number of hydrogen-bond acceptors (Lipinski definition) is 5. The van der Waals surface area contributed by atoms with E-state index in [0.29, 0.717) is 34.2 Å². The molecular formula is C20H23N3O2S. The molecule has 3 heterocycles. The van der Waals surface area contributed by atoms with Crippen molar-refractivity contribution >= 4 is 28.3 Å². The molecule has 5 nitrogen and oxygen atoms in total. The number of amides is 1. The smallest absolute Gasteiger partial charge is 0.259 e. The van der Waals surface area contributed by atoms with Gasteiger partial charge in [-0.05, 0) is 42.7 Å². The van der Waals surface area contributed by atoms with Gasteiger partial charge in [-0.2, -0.15) is 0 Å². The maximum Gasteiger partial charge on any atom is 0.259 e. The maximum atomic E-state index is 13.1. The predicted octanol–water partition coefficient (Wildman–Crippen LogP) is 4.81. The van der Waals surface area contributed by atoms with E-state index in [1.54, 1.807) is 11.3 Å². The molecule has 1 aliphatic rings. The van der Waals surface area contributed by atoms with Gasteiger partial charge in [0.15, 0.2) is 0 Å². The van der Waals surface area contributed by atoms with Gasteiger partial charge in [-0.25, -0.2) is 4.98 Å². The van der Waals surface area contributed by atoms with Gasteiger partial charge in [0, 0.05) is 6.04 Å². The third-order valence-electron chi connectivity index (χ3n) is 5.66. The van der Waals surface area contributed by atoms with Gasteiger partial charge in [0.1, 0.15) is 0 Å². The molecule has 1 fully saturated rings. The van der Waals surface area contributed by atoms with Gasteiger partial charge in [0.05, 0.1) is 27.2 Å². The van der Waals surface area contributed by atoms with Crippen molar-refractivity contribution < 1.29 is 9.32 Å². The van der Waals surface area contributed by atoms with Crippen LogP contribution in [0.5, 0.6) is 0 Å². The molecule has 26 heavy (non-hydrogen) atoms. The Morgan fingerprint density at radius 2 is 2.19 bits per heavy atom. The summed E-state index contributed by atoms with van der Waals surface area (Å²) in [5, 5.41) is 9.99. The number of aromatic nitrogens is 2. The number of thiophene rings is 1. The summed E-state index contributed by atoms with van der Waals surface area (Å²) in [5.74, 6) is 1.04. The van der Waals surface area contributed by atoms with Gasteiger partial charge in [-0.1, -0.05) is 37.9 Å². The molecule has 4 rings (SSSR count). The summed E-state index contributed by atoms with van der Waals surface area (Å²) in [6.07, 6.45) is 3.43. The lowest BCUT2D eigenvalue weighted by Crippen LogP contribution is -2.43. The highest BCUT2D eigenvalue weighted by molar-refractivity contribution is 7.13. The highest BCUT2D eigenvalue weighted by Gasteiger charge is 2.29. The molecule has 0 bridgehead atoms. The third-order valence-corrected chi connectivity index (χ3v) is 6.55. The fourth-order valence-electron chi connectivity index (χ4n) is 3.86. The largest absolute Gasteiger partial charge is 0.349 e. The zero-order chi connectivity index (χ0) is 18.3. The van der Waals surface area contributed by atoms with E-state index >= 15 is 0 Å². The van der Waals surface area contributed by atoms with Gasteiger partial charge in [-0.3, -0.25) is 4.79 Å². The number of carbonyl (C=O) groups excluding carboxylic acids is 1. The van der Waals surface area contributed by atoms with Crippen molar-refractivity contribution in [2.45, 2.75) is 46.1 Å². The number of rotatable bonds is 3. The summed E-state index contributed by atoms with van der Waals surface area (Å²) >= 11 is 1.59. The van der Waals surface area contributed by atoms with Crippen LogP contribution in [0.15, 0.2) is 28.1 Å². The summed E-state index contributed by atoms with van der Waals surface area (Å²) in [5.41, 5.74) is 2.46. The Bertz CT molecular complexity index is 932. The first kappa shape index (κ1) is 17.2. The fourth-order valence-corrected chi connectivity index (χ4v) is 4.54. The van der Waals surface area contributed by atoms with Crippen LogP contribution >= 0.6 is 11.3 Å². The van der Waals surface area contributed by atoms with Crippen molar-refractivity contribution in [3.63, 3.8) is 0 Å². The van der Waals surface area contributed by atoms with E-state index < -0.39 is 0 Å². The molecular weight excluding hydrogens is 346 g/mol. The van der Waals surface area contributed by atoms with E-state index in [2.05, 4.69) is 29.3 Å². The van der Waals surface area contributed by atoms with Gasteiger partial charge >= 0.3 is 0 Å². The standard InChI is InChI=1S/C20H23N3O2S/c1-11-6-4-7-15(12(11)2)21-19(24)14-10-16(17-8-5-9-26-17)22-20-18(14)13(3)23-25-20/h5,8-12,15H,4,6-7H2,1-3H3,(H,21,24)/t11-,12+,15-/m1/s1. The lowest BCUT2D eigenvalue weighted by atomic mass is 9.78. The molecule has 0 saturated heterocycles. The van der Waals surface area contributed by atoms with E-state index in [1.807, 2.05) is 30.5 Å². The first-order valence-electron chi connectivity index (χ1n) is 9.16. The fraction of sp³-hybridized carbons (Fsp3) is 0.450. The monoisotopic (exact) mass is 369 g/mol. The Kier molecular flexibility index (Phi) is 4.53. The molecule has 136 valence electrons.